The Morgan fingerprint density at radius 2 is 1.55 bits per heavy atom. The molecule has 0 heterocycles. The van der Waals surface area contributed by atoms with Crippen molar-refractivity contribution in [1.29, 1.82) is 0 Å². The third kappa shape index (κ3) is 17.4. The molecule has 0 saturated carbocycles. The highest BCUT2D eigenvalue weighted by molar-refractivity contribution is 5.77. The highest BCUT2D eigenvalue weighted by atomic mass is 16.6. The van der Waals surface area contributed by atoms with Crippen LogP contribution < -0.4 is 10.6 Å². The molecule has 0 fully saturated rings. The van der Waals surface area contributed by atoms with Crippen LogP contribution in [0, 0.1) is 0 Å². The molecule has 2 N–H and O–H groups in total. The number of esters is 2. The van der Waals surface area contributed by atoms with E-state index in [-0.39, 0.29) is 52.1 Å². The molecule has 12 nitrogen and oxygen atoms in total. The molecule has 168 valence electrons. The summed E-state index contributed by atoms with van der Waals surface area (Å²) < 4.78 is 24.6. The number of hydrogen-bond donors (Lipinski definition) is 2. The van der Waals surface area contributed by atoms with E-state index >= 15 is 0 Å². The molecule has 29 heavy (non-hydrogen) atoms. The molecule has 0 radical (unpaired) electrons. The lowest BCUT2D eigenvalue weighted by atomic mass is 10.4. The Morgan fingerprint density at radius 3 is 2.17 bits per heavy atom. The molecule has 0 aliphatic rings. The summed E-state index contributed by atoms with van der Waals surface area (Å²) >= 11 is 0. The van der Waals surface area contributed by atoms with Crippen LogP contribution in [0.5, 0.6) is 0 Å². The molecule has 0 rings (SSSR count). The Hall–Kier alpha value is -2.44. The Kier molecular flexibility index (Phi) is 16.2. The number of nitrogens with one attached hydrogen (secondary N) is 2. The number of carbonyl (C=O) groups excluding carboxylic acids is 4. The lowest BCUT2D eigenvalue weighted by Gasteiger charge is -2.20. The van der Waals surface area contributed by atoms with Gasteiger partial charge in [-0.3, -0.25) is 14.5 Å². The summed E-state index contributed by atoms with van der Waals surface area (Å²) in [6, 6.07) is 0. The number of nitrogens with zero attached hydrogens (tertiary/aromatic N) is 1. The zero-order chi connectivity index (χ0) is 21.9. The minimum Gasteiger partial charge on any atom is -0.465 e. The molecule has 0 atom stereocenters. The molecular weight excluding hydrogens is 390 g/mol. The molecule has 0 aromatic carbocycles. The first-order valence-corrected chi connectivity index (χ1v) is 9.08. The van der Waals surface area contributed by atoms with Gasteiger partial charge in [0, 0.05) is 33.6 Å². The minimum absolute atomic E-state index is 0.0644. The van der Waals surface area contributed by atoms with E-state index in [0.29, 0.717) is 19.6 Å². The Morgan fingerprint density at radius 1 is 0.897 bits per heavy atom. The lowest BCUT2D eigenvalue weighted by molar-refractivity contribution is -0.149. The summed E-state index contributed by atoms with van der Waals surface area (Å²) in [5.41, 5.74) is 0. The van der Waals surface area contributed by atoms with Gasteiger partial charge in [0.15, 0.2) is 0 Å². The van der Waals surface area contributed by atoms with Gasteiger partial charge in [0.05, 0.1) is 33.5 Å². The van der Waals surface area contributed by atoms with Crippen molar-refractivity contribution >= 4 is 23.9 Å². The first-order chi connectivity index (χ1) is 13.9. The Labute approximate surface area is 170 Å². The van der Waals surface area contributed by atoms with Gasteiger partial charge >= 0.3 is 18.0 Å². The summed E-state index contributed by atoms with van der Waals surface area (Å²) in [4.78, 5) is 46.4. The third-order valence-corrected chi connectivity index (χ3v) is 3.32. The van der Waals surface area contributed by atoms with Crippen molar-refractivity contribution in [2.75, 3.05) is 80.0 Å². The van der Waals surface area contributed by atoms with Gasteiger partial charge < -0.3 is 34.3 Å². The summed E-state index contributed by atoms with van der Waals surface area (Å²) in [6.07, 6.45) is -0.534. The van der Waals surface area contributed by atoms with Crippen LogP contribution >= 0.6 is 0 Å². The number of ether oxygens (including phenoxy) is 5. The first kappa shape index (κ1) is 26.6. The molecule has 0 unspecified atom stereocenters. The number of hydrogen-bond acceptors (Lipinski definition) is 10. The quantitative estimate of drug-likeness (QED) is 0.172. The number of amides is 2. The van der Waals surface area contributed by atoms with Crippen molar-refractivity contribution in [2.24, 2.45) is 0 Å². The second kappa shape index (κ2) is 17.6. The number of alkyl carbamates (subject to hydrolysis) is 1. The van der Waals surface area contributed by atoms with Crippen molar-refractivity contribution in [2.45, 2.75) is 6.92 Å². The fourth-order valence-electron chi connectivity index (χ4n) is 1.87. The highest BCUT2D eigenvalue weighted by Gasteiger charge is 2.12. The van der Waals surface area contributed by atoms with Crippen LogP contribution in [0.2, 0.25) is 0 Å². The molecule has 0 aromatic heterocycles. The van der Waals surface area contributed by atoms with Crippen LogP contribution in [0.15, 0.2) is 0 Å². The summed E-state index contributed by atoms with van der Waals surface area (Å²) in [6.45, 7) is 3.05. The predicted octanol–water partition coefficient (Wildman–Crippen LogP) is -1.47. The molecule has 0 aliphatic carbocycles. The van der Waals surface area contributed by atoms with Crippen LogP contribution in [0.4, 0.5) is 4.79 Å². The van der Waals surface area contributed by atoms with Crippen molar-refractivity contribution in [3.05, 3.63) is 0 Å². The van der Waals surface area contributed by atoms with E-state index < -0.39 is 18.0 Å². The van der Waals surface area contributed by atoms with Crippen LogP contribution in [-0.2, 0) is 38.1 Å². The van der Waals surface area contributed by atoms with Gasteiger partial charge in [-0.2, -0.15) is 0 Å². The maximum Gasteiger partial charge on any atom is 0.406 e. The fraction of sp³-hybridized carbons (Fsp3) is 0.765. The maximum atomic E-state index is 11.6. The smallest absolute Gasteiger partial charge is 0.406 e. The van der Waals surface area contributed by atoms with E-state index in [1.54, 1.807) is 4.90 Å². The largest absolute Gasteiger partial charge is 0.465 e. The van der Waals surface area contributed by atoms with Crippen LogP contribution in [-0.4, -0.2) is 109 Å². The van der Waals surface area contributed by atoms with Gasteiger partial charge in [0.25, 0.3) is 0 Å². The normalized spacial score (nSPS) is 10.3. The van der Waals surface area contributed by atoms with Gasteiger partial charge in [-0.25, -0.2) is 9.59 Å². The van der Waals surface area contributed by atoms with Crippen molar-refractivity contribution < 1.29 is 42.9 Å². The standard InChI is InChI=1S/C17H31N3O9/c1-14(21)28-8-5-20(12-15(22)18-2)6-9-29-16(23)13-27-11-10-26-7-4-19-17(24)25-3/h4-13H2,1-3H3,(H,18,22)(H,19,24). The van der Waals surface area contributed by atoms with E-state index in [9.17, 15) is 19.2 Å². The van der Waals surface area contributed by atoms with Crippen molar-refractivity contribution in [3.63, 3.8) is 0 Å². The van der Waals surface area contributed by atoms with E-state index in [0.717, 1.165) is 0 Å². The van der Waals surface area contributed by atoms with E-state index in [2.05, 4.69) is 15.4 Å². The van der Waals surface area contributed by atoms with Gasteiger partial charge in [0.2, 0.25) is 5.91 Å². The Bertz CT molecular complexity index is 503. The van der Waals surface area contributed by atoms with Crippen molar-refractivity contribution in [3.8, 4) is 0 Å². The monoisotopic (exact) mass is 421 g/mol. The van der Waals surface area contributed by atoms with E-state index in [4.69, 9.17) is 18.9 Å². The molecule has 12 heteroatoms. The number of rotatable bonds is 16. The predicted molar refractivity (Wildman–Crippen MR) is 100 cm³/mol. The third-order valence-electron chi connectivity index (χ3n) is 3.32. The highest BCUT2D eigenvalue weighted by Crippen LogP contribution is 1.92. The maximum absolute atomic E-state index is 11.6. The second-order valence-corrected chi connectivity index (χ2v) is 5.59. The molecule has 0 aliphatic heterocycles. The fourth-order valence-corrected chi connectivity index (χ4v) is 1.87. The zero-order valence-corrected chi connectivity index (χ0v) is 17.2. The summed E-state index contributed by atoms with van der Waals surface area (Å²) in [5.74, 6) is -1.15. The summed E-state index contributed by atoms with van der Waals surface area (Å²) in [5, 5.41) is 4.95. The van der Waals surface area contributed by atoms with Gasteiger partial charge in [-0.15, -0.1) is 0 Å². The van der Waals surface area contributed by atoms with Gasteiger partial charge in [-0.1, -0.05) is 0 Å². The van der Waals surface area contributed by atoms with Crippen LogP contribution in [0.3, 0.4) is 0 Å². The van der Waals surface area contributed by atoms with Gasteiger partial charge in [-0.05, 0) is 0 Å². The topological polar surface area (TPSA) is 142 Å². The molecule has 0 bridgehead atoms. The average molecular weight is 421 g/mol. The minimum atomic E-state index is -0.544. The zero-order valence-electron chi connectivity index (χ0n) is 17.2. The number of likely N-dealkylation sites (N-methyl/N-ethyl adjacent to an activating group) is 1. The number of carbonyl (C=O) groups is 4. The lowest BCUT2D eigenvalue weighted by Crippen LogP contribution is -2.39. The summed E-state index contributed by atoms with van der Waals surface area (Å²) in [7, 11) is 2.79. The second-order valence-electron chi connectivity index (χ2n) is 5.59. The molecular formula is C17H31N3O9. The number of methoxy groups -OCH3 is 1. The SMILES string of the molecule is CNC(=O)CN(CCOC(C)=O)CCOC(=O)COCCOCCNC(=O)OC. The molecule has 0 saturated heterocycles. The van der Waals surface area contributed by atoms with Gasteiger partial charge in [0.1, 0.15) is 19.8 Å². The van der Waals surface area contributed by atoms with Crippen LogP contribution in [0.1, 0.15) is 6.92 Å². The first-order valence-electron chi connectivity index (χ1n) is 9.08. The van der Waals surface area contributed by atoms with E-state index in [1.165, 1.54) is 21.1 Å². The van der Waals surface area contributed by atoms with Crippen LogP contribution in [0.25, 0.3) is 0 Å². The average Bonchev–Trinajstić information content (AvgIpc) is 2.68. The Balaban J connectivity index is 3.81. The molecule has 0 aromatic rings. The molecule has 0 spiro atoms. The van der Waals surface area contributed by atoms with Crippen molar-refractivity contribution in [1.82, 2.24) is 15.5 Å². The molecule has 2 amide bonds. The van der Waals surface area contributed by atoms with E-state index in [1.807, 2.05) is 0 Å².